The third-order valence-corrected chi connectivity index (χ3v) is 4.17. The van der Waals surface area contributed by atoms with E-state index in [1.807, 2.05) is 18.2 Å². The molecule has 146 valence electrons. The minimum absolute atomic E-state index is 0.578. The van der Waals surface area contributed by atoms with E-state index in [9.17, 15) is 0 Å². The SMILES string of the molecule is CCNC(=NCc1ccccc1OCCN1CCOCC1)NCC(C)C. The number of hydrogen-bond acceptors (Lipinski definition) is 4. The Morgan fingerprint density at radius 1 is 1.23 bits per heavy atom. The zero-order valence-corrected chi connectivity index (χ0v) is 16.5. The van der Waals surface area contributed by atoms with Crippen molar-refractivity contribution >= 4 is 5.96 Å². The molecule has 1 heterocycles. The molecular formula is C20H34N4O2. The molecule has 0 aromatic heterocycles. The summed E-state index contributed by atoms with van der Waals surface area (Å²) in [5, 5.41) is 6.67. The number of aliphatic imine (C=N–C) groups is 1. The first-order valence-corrected chi connectivity index (χ1v) is 9.72. The number of para-hydroxylation sites is 1. The fourth-order valence-corrected chi connectivity index (χ4v) is 2.69. The van der Waals surface area contributed by atoms with E-state index in [4.69, 9.17) is 14.5 Å². The lowest BCUT2D eigenvalue weighted by atomic mass is 10.2. The van der Waals surface area contributed by atoms with Crippen LogP contribution in [0.5, 0.6) is 5.75 Å². The molecule has 0 radical (unpaired) electrons. The van der Waals surface area contributed by atoms with Crippen LogP contribution in [-0.4, -0.2) is 63.4 Å². The number of ether oxygens (including phenoxy) is 2. The summed E-state index contributed by atoms with van der Waals surface area (Å²) in [6.07, 6.45) is 0. The van der Waals surface area contributed by atoms with Gasteiger partial charge in [-0.1, -0.05) is 32.0 Å². The van der Waals surface area contributed by atoms with Gasteiger partial charge in [0, 0.05) is 38.3 Å². The molecule has 0 saturated carbocycles. The van der Waals surface area contributed by atoms with Crippen LogP contribution in [0.4, 0.5) is 0 Å². The largest absolute Gasteiger partial charge is 0.492 e. The van der Waals surface area contributed by atoms with Gasteiger partial charge in [-0.25, -0.2) is 4.99 Å². The first-order chi connectivity index (χ1) is 12.7. The van der Waals surface area contributed by atoms with Crippen molar-refractivity contribution in [3.8, 4) is 5.75 Å². The van der Waals surface area contributed by atoms with Crippen LogP contribution in [-0.2, 0) is 11.3 Å². The second-order valence-electron chi connectivity index (χ2n) is 6.88. The Labute approximate surface area is 158 Å². The van der Waals surface area contributed by atoms with E-state index in [1.165, 1.54) is 0 Å². The van der Waals surface area contributed by atoms with Gasteiger partial charge < -0.3 is 20.1 Å². The zero-order chi connectivity index (χ0) is 18.6. The van der Waals surface area contributed by atoms with Gasteiger partial charge >= 0.3 is 0 Å². The first-order valence-electron chi connectivity index (χ1n) is 9.72. The van der Waals surface area contributed by atoms with Crippen LogP contribution < -0.4 is 15.4 Å². The van der Waals surface area contributed by atoms with E-state index in [0.29, 0.717) is 19.1 Å². The number of hydrogen-bond donors (Lipinski definition) is 2. The maximum absolute atomic E-state index is 6.04. The van der Waals surface area contributed by atoms with Crippen LogP contribution in [0.25, 0.3) is 0 Å². The molecule has 0 atom stereocenters. The van der Waals surface area contributed by atoms with Crippen molar-refractivity contribution in [2.75, 3.05) is 52.5 Å². The van der Waals surface area contributed by atoms with Crippen molar-refractivity contribution in [2.24, 2.45) is 10.9 Å². The third kappa shape index (κ3) is 7.62. The highest BCUT2D eigenvalue weighted by atomic mass is 16.5. The molecule has 0 bridgehead atoms. The summed E-state index contributed by atoms with van der Waals surface area (Å²) in [4.78, 5) is 7.08. The molecule has 2 N–H and O–H groups in total. The predicted molar refractivity (Wildman–Crippen MR) is 107 cm³/mol. The first kappa shape index (κ1) is 20.5. The van der Waals surface area contributed by atoms with Crippen LogP contribution >= 0.6 is 0 Å². The smallest absolute Gasteiger partial charge is 0.191 e. The highest BCUT2D eigenvalue weighted by Gasteiger charge is 2.10. The molecular weight excluding hydrogens is 328 g/mol. The Bertz CT molecular complexity index is 542. The standard InChI is InChI=1S/C20H34N4O2/c1-4-21-20(22-15-17(2)3)23-16-18-7-5-6-8-19(18)26-14-11-24-9-12-25-13-10-24/h5-8,17H,4,9-16H2,1-3H3,(H2,21,22,23). The number of rotatable bonds is 9. The van der Waals surface area contributed by atoms with E-state index in [-0.39, 0.29) is 0 Å². The van der Waals surface area contributed by atoms with Gasteiger partial charge in [0.2, 0.25) is 0 Å². The zero-order valence-electron chi connectivity index (χ0n) is 16.5. The quantitative estimate of drug-likeness (QED) is 0.520. The van der Waals surface area contributed by atoms with Gasteiger partial charge in [-0.2, -0.15) is 0 Å². The molecule has 0 spiro atoms. The van der Waals surface area contributed by atoms with Gasteiger partial charge in [0.15, 0.2) is 5.96 Å². The fourth-order valence-electron chi connectivity index (χ4n) is 2.69. The fraction of sp³-hybridized carbons (Fsp3) is 0.650. The van der Waals surface area contributed by atoms with Crippen molar-refractivity contribution in [3.05, 3.63) is 29.8 Å². The van der Waals surface area contributed by atoms with Crippen LogP contribution in [0, 0.1) is 5.92 Å². The molecule has 6 nitrogen and oxygen atoms in total. The summed E-state index contributed by atoms with van der Waals surface area (Å²) in [6.45, 7) is 14.0. The molecule has 0 aliphatic carbocycles. The van der Waals surface area contributed by atoms with Crippen molar-refractivity contribution in [1.29, 1.82) is 0 Å². The lowest BCUT2D eigenvalue weighted by Gasteiger charge is -2.26. The van der Waals surface area contributed by atoms with Crippen LogP contribution in [0.3, 0.4) is 0 Å². The maximum atomic E-state index is 6.04. The van der Waals surface area contributed by atoms with Crippen molar-refractivity contribution in [1.82, 2.24) is 15.5 Å². The summed E-state index contributed by atoms with van der Waals surface area (Å²) in [6, 6.07) is 8.16. The van der Waals surface area contributed by atoms with E-state index in [0.717, 1.165) is 63.2 Å². The Balaban J connectivity index is 1.88. The Kier molecular flexibility index (Phi) is 9.28. The average Bonchev–Trinajstić information content (AvgIpc) is 2.65. The van der Waals surface area contributed by atoms with E-state index < -0.39 is 0 Å². The van der Waals surface area contributed by atoms with Gasteiger partial charge in [0.05, 0.1) is 19.8 Å². The minimum Gasteiger partial charge on any atom is -0.492 e. The molecule has 1 aromatic carbocycles. The van der Waals surface area contributed by atoms with Gasteiger partial charge in [0.25, 0.3) is 0 Å². The molecule has 1 saturated heterocycles. The molecule has 6 heteroatoms. The van der Waals surface area contributed by atoms with Crippen LogP contribution in [0.15, 0.2) is 29.3 Å². The van der Waals surface area contributed by atoms with E-state index >= 15 is 0 Å². The Hall–Kier alpha value is -1.79. The van der Waals surface area contributed by atoms with Gasteiger partial charge in [0.1, 0.15) is 12.4 Å². The monoisotopic (exact) mass is 362 g/mol. The minimum atomic E-state index is 0.578. The second kappa shape index (κ2) is 11.8. The van der Waals surface area contributed by atoms with Crippen LogP contribution in [0.2, 0.25) is 0 Å². The summed E-state index contributed by atoms with van der Waals surface area (Å²) >= 11 is 0. The van der Waals surface area contributed by atoms with Crippen molar-refractivity contribution in [2.45, 2.75) is 27.3 Å². The lowest BCUT2D eigenvalue weighted by Crippen LogP contribution is -2.39. The Morgan fingerprint density at radius 3 is 2.73 bits per heavy atom. The summed E-state index contributed by atoms with van der Waals surface area (Å²) in [7, 11) is 0. The molecule has 1 aromatic rings. The number of benzene rings is 1. The number of guanidine groups is 1. The van der Waals surface area contributed by atoms with E-state index in [1.54, 1.807) is 0 Å². The lowest BCUT2D eigenvalue weighted by molar-refractivity contribution is 0.0322. The number of morpholine rings is 1. The van der Waals surface area contributed by atoms with Crippen molar-refractivity contribution in [3.63, 3.8) is 0 Å². The summed E-state index contributed by atoms with van der Waals surface area (Å²) in [5.74, 6) is 2.35. The normalized spacial score (nSPS) is 15.9. The molecule has 0 amide bonds. The molecule has 1 aliphatic rings. The molecule has 1 aliphatic heterocycles. The van der Waals surface area contributed by atoms with Crippen LogP contribution in [0.1, 0.15) is 26.3 Å². The molecule has 1 fully saturated rings. The summed E-state index contributed by atoms with van der Waals surface area (Å²) < 4.78 is 11.4. The molecule has 2 rings (SSSR count). The second-order valence-corrected chi connectivity index (χ2v) is 6.88. The number of nitrogens with zero attached hydrogens (tertiary/aromatic N) is 2. The highest BCUT2D eigenvalue weighted by molar-refractivity contribution is 5.79. The van der Waals surface area contributed by atoms with Gasteiger partial charge in [-0.3, -0.25) is 4.90 Å². The maximum Gasteiger partial charge on any atom is 0.191 e. The molecule has 26 heavy (non-hydrogen) atoms. The molecule has 0 unspecified atom stereocenters. The van der Waals surface area contributed by atoms with Crippen molar-refractivity contribution < 1.29 is 9.47 Å². The number of nitrogens with one attached hydrogen (secondary N) is 2. The van der Waals surface area contributed by atoms with Gasteiger partial charge in [-0.15, -0.1) is 0 Å². The van der Waals surface area contributed by atoms with E-state index in [2.05, 4.69) is 42.4 Å². The third-order valence-electron chi connectivity index (χ3n) is 4.17. The summed E-state index contributed by atoms with van der Waals surface area (Å²) in [5.41, 5.74) is 1.11. The topological polar surface area (TPSA) is 58.1 Å². The average molecular weight is 363 g/mol. The Morgan fingerprint density at radius 2 is 2.00 bits per heavy atom. The predicted octanol–water partition coefficient (Wildman–Crippen LogP) is 2.11. The van der Waals surface area contributed by atoms with Gasteiger partial charge in [-0.05, 0) is 18.9 Å². The highest BCUT2D eigenvalue weighted by Crippen LogP contribution is 2.19.